The first-order valence-electron chi connectivity index (χ1n) is 14.0. The zero-order valence-electron chi connectivity index (χ0n) is 24.7. The summed E-state index contributed by atoms with van der Waals surface area (Å²) >= 11 is 5.37. The summed E-state index contributed by atoms with van der Waals surface area (Å²) in [6.45, 7) is 4.17. The third-order valence-corrected chi connectivity index (χ3v) is 7.71. The van der Waals surface area contributed by atoms with Crippen molar-refractivity contribution in [2.24, 2.45) is 0 Å². The number of anilines is 2. The van der Waals surface area contributed by atoms with Crippen LogP contribution in [0.25, 0.3) is 16.6 Å². The van der Waals surface area contributed by atoms with Crippen LogP contribution in [0.4, 0.5) is 24.7 Å². The Kier molecular flexibility index (Phi) is 7.68. The van der Waals surface area contributed by atoms with Gasteiger partial charge in [-0.15, -0.1) is 0 Å². The van der Waals surface area contributed by atoms with E-state index in [2.05, 4.69) is 15.4 Å². The van der Waals surface area contributed by atoms with Crippen LogP contribution in [0.3, 0.4) is 0 Å². The minimum Gasteiger partial charge on any atom is -0.485 e. The number of nitrogens with one attached hydrogen (secondary N) is 2. The number of alkyl halides is 2. The fourth-order valence-electron chi connectivity index (χ4n) is 5.13. The predicted octanol–water partition coefficient (Wildman–Crippen LogP) is 6.05. The SMILES string of the molecule is Cc1cc(Oc2ccccc2F)ccc1-n1ncc(C(=O)c2cc3cc(OCC(F)F)c(N4C(=O)C(C)(C)NC4=S)cc3[nH]2)c1N. The van der Waals surface area contributed by atoms with Crippen LogP contribution >= 0.6 is 12.2 Å². The third kappa shape index (κ3) is 5.51. The number of para-hydroxylation sites is 1. The van der Waals surface area contributed by atoms with Gasteiger partial charge in [-0.1, -0.05) is 12.1 Å². The topological polar surface area (TPSA) is 128 Å². The number of nitrogen functional groups attached to an aromatic ring is 1. The van der Waals surface area contributed by atoms with Gasteiger partial charge in [0.2, 0.25) is 5.78 Å². The summed E-state index contributed by atoms with van der Waals surface area (Å²) in [5.41, 5.74) is 7.46. The van der Waals surface area contributed by atoms with Crippen LogP contribution in [0.2, 0.25) is 0 Å². The number of aryl methyl sites for hydroxylation is 1. The van der Waals surface area contributed by atoms with Gasteiger partial charge in [-0.05, 0) is 87.1 Å². The van der Waals surface area contributed by atoms with Crippen LogP contribution in [-0.2, 0) is 4.79 Å². The van der Waals surface area contributed by atoms with Gasteiger partial charge in [-0.2, -0.15) is 5.10 Å². The molecular weight excluding hydrogens is 621 g/mol. The number of carbonyl (C=O) groups is 2. The van der Waals surface area contributed by atoms with Crippen molar-refractivity contribution in [2.45, 2.75) is 32.7 Å². The number of benzene rings is 3. The Labute approximate surface area is 265 Å². The quantitative estimate of drug-likeness (QED) is 0.130. The lowest BCUT2D eigenvalue weighted by Crippen LogP contribution is -2.40. The van der Waals surface area contributed by atoms with Gasteiger partial charge in [-0.3, -0.25) is 14.5 Å². The highest BCUT2D eigenvalue weighted by Crippen LogP contribution is 2.38. The number of halogens is 3. The van der Waals surface area contributed by atoms with Crippen LogP contribution in [-0.4, -0.2) is 50.1 Å². The van der Waals surface area contributed by atoms with Crippen LogP contribution in [0, 0.1) is 12.7 Å². The average Bonchev–Trinajstić information content (AvgIpc) is 3.65. The number of hydrogen-bond donors (Lipinski definition) is 3. The standard InChI is InChI=1S/C32H27F3N6O4S/c1-16-10-18(45-25-7-5-4-6-20(25)33)8-9-23(16)41-29(36)19(14-37-41)28(42)22-11-17-12-26(44-15-27(34)35)24(13-21(17)38-22)40-30(43)32(2,3)39-31(40)46/h4-14,27,38H,15,36H2,1-3H3,(H,39,46). The van der Waals surface area contributed by atoms with E-state index in [4.69, 9.17) is 27.4 Å². The van der Waals surface area contributed by atoms with Gasteiger partial charge in [0.1, 0.15) is 29.5 Å². The molecule has 0 spiro atoms. The largest absolute Gasteiger partial charge is 0.485 e. The zero-order chi connectivity index (χ0) is 32.9. The van der Waals surface area contributed by atoms with Crippen molar-refractivity contribution in [1.82, 2.24) is 20.1 Å². The van der Waals surface area contributed by atoms with E-state index >= 15 is 0 Å². The molecule has 3 aromatic carbocycles. The fraction of sp³-hybridized carbons (Fsp3) is 0.188. The van der Waals surface area contributed by atoms with Gasteiger partial charge >= 0.3 is 0 Å². The number of aromatic nitrogens is 3. The summed E-state index contributed by atoms with van der Waals surface area (Å²) in [7, 11) is 0. The van der Waals surface area contributed by atoms with Gasteiger partial charge < -0.3 is 25.5 Å². The second-order valence-electron chi connectivity index (χ2n) is 11.2. The molecule has 0 aliphatic carbocycles. The van der Waals surface area contributed by atoms with Crippen LogP contribution < -0.4 is 25.4 Å². The van der Waals surface area contributed by atoms with E-state index in [-0.39, 0.29) is 39.4 Å². The maximum absolute atomic E-state index is 14.0. The number of nitrogens with zero attached hydrogens (tertiary/aromatic N) is 3. The Morgan fingerprint density at radius 2 is 1.85 bits per heavy atom. The number of fused-ring (bicyclic) bond motifs is 1. The number of aromatic amines is 1. The molecule has 1 fully saturated rings. The zero-order valence-corrected chi connectivity index (χ0v) is 25.5. The second kappa shape index (κ2) is 11.5. The van der Waals surface area contributed by atoms with E-state index in [1.807, 2.05) is 0 Å². The molecule has 0 radical (unpaired) electrons. The molecule has 5 aromatic rings. The molecule has 14 heteroatoms. The van der Waals surface area contributed by atoms with Gasteiger partial charge in [-0.25, -0.2) is 17.9 Å². The molecule has 0 atom stereocenters. The van der Waals surface area contributed by atoms with E-state index in [9.17, 15) is 22.8 Å². The summed E-state index contributed by atoms with van der Waals surface area (Å²) in [5.74, 6) is -0.840. The molecule has 2 aromatic heterocycles. The van der Waals surface area contributed by atoms with E-state index < -0.39 is 36.1 Å². The van der Waals surface area contributed by atoms with Crippen molar-refractivity contribution in [2.75, 3.05) is 17.2 Å². The molecule has 1 amide bonds. The predicted molar refractivity (Wildman–Crippen MR) is 170 cm³/mol. The van der Waals surface area contributed by atoms with Gasteiger partial charge in [0.05, 0.1) is 28.8 Å². The highest BCUT2D eigenvalue weighted by molar-refractivity contribution is 7.80. The first-order valence-corrected chi connectivity index (χ1v) is 14.4. The number of H-pyrrole nitrogens is 1. The van der Waals surface area contributed by atoms with Crippen molar-refractivity contribution in [3.05, 3.63) is 89.5 Å². The number of amides is 1. The smallest absolute Gasteiger partial charge is 0.272 e. The summed E-state index contributed by atoms with van der Waals surface area (Å²) in [4.78, 5) is 31.0. The van der Waals surface area contributed by atoms with Crippen LogP contribution in [0.15, 0.2) is 66.9 Å². The molecule has 0 unspecified atom stereocenters. The molecule has 4 N–H and O–H groups in total. The number of rotatable bonds is 9. The normalized spacial score (nSPS) is 14.3. The van der Waals surface area contributed by atoms with Crippen molar-refractivity contribution in [1.29, 1.82) is 0 Å². The number of thiocarbonyl (C=S) groups is 1. The number of ketones is 1. The van der Waals surface area contributed by atoms with E-state index in [0.29, 0.717) is 27.9 Å². The maximum atomic E-state index is 14.0. The summed E-state index contributed by atoms with van der Waals surface area (Å²) in [6.07, 6.45) is -1.43. The first kappa shape index (κ1) is 30.6. The van der Waals surface area contributed by atoms with Gasteiger partial charge in [0.25, 0.3) is 12.3 Å². The molecule has 236 valence electrons. The highest BCUT2D eigenvalue weighted by Gasteiger charge is 2.44. The molecule has 0 bridgehead atoms. The van der Waals surface area contributed by atoms with E-state index in [1.165, 1.54) is 46.1 Å². The third-order valence-electron chi connectivity index (χ3n) is 7.42. The molecule has 0 saturated carbocycles. The lowest BCUT2D eigenvalue weighted by atomic mass is 10.1. The molecule has 46 heavy (non-hydrogen) atoms. The molecule has 6 rings (SSSR count). The molecule has 1 aliphatic heterocycles. The van der Waals surface area contributed by atoms with Crippen LogP contribution in [0.1, 0.15) is 35.5 Å². The van der Waals surface area contributed by atoms with Crippen molar-refractivity contribution in [3.8, 4) is 22.9 Å². The van der Waals surface area contributed by atoms with E-state index in [0.717, 1.165) is 0 Å². The fourth-order valence-corrected chi connectivity index (χ4v) is 5.57. The van der Waals surface area contributed by atoms with Crippen LogP contribution in [0.5, 0.6) is 17.2 Å². The first-order chi connectivity index (χ1) is 21.8. The summed E-state index contributed by atoms with van der Waals surface area (Å²) < 4.78 is 52.7. The highest BCUT2D eigenvalue weighted by atomic mass is 32.1. The Bertz CT molecular complexity index is 2040. The molecule has 1 saturated heterocycles. The van der Waals surface area contributed by atoms with Crippen molar-refractivity contribution in [3.63, 3.8) is 0 Å². The minimum absolute atomic E-state index is 0.00811. The summed E-state index contributed by atoms with van der Waals surface area (Å²) in [5, 5.41) is 7.79. The Hall–Kier alpha value is -5.37. The minimum atomic E-state index is -2.76. The maximum Gasteiger partial charge on any atom is 0.272 e. The number of carbonyl (C=O) groups excluding carboxylic acids is 2. The van der Waals surface area contributed by atoms with Gasteiger partial charge in [0, 0.05) is 10.9 Å². The lowest BCUT2D eigenvalue weighted by molar-refractivity contribution is -0.121. The molecule has 10 nitrogen and oxygen atoms in total. The number of ether oxygens (including phenoxy) is 2. The Morgan fingerprint density at radius 1 is 1.09 bits per heavy atom. The number of hydrogen-bond acceptors (Lipinski definition) is 7. The molecule has 1 aliphatic rings. The average molecular weight is 649 g/mol. The van der Waals surface area contributed by atoms with Gasteiger partial charge in [0.15, 0.2) is 16.7 Å². The van der Waals surface area contributed by atoms with Crippen molar-refractivity contribution >= 4 is 51.4 Å². The molecule has 3 heterocycles. The Balaban J connectivity index is 1.31. The monoisotopic (exact) mass is 648 g/mol. The lowest BCUT2D eigenvalue weighted by Gasteiger charge is -2.20. The summed E-state index contributed by atoms with van der Waals surface area (Å²) in [6, 6.07) is 15.6. The Morgan fingerprint density at radius 3 is 2.52 bits per heavy atom. The second-order valence-corrected chi connectivity index (χ2v) is 11.5. The van der Waals surface area contributed by atoms with E-state index in [1.54, 1.807) is 51.1 Å². The molecular formula is C32H27F3N6O4S. The van der Waals surface area contributed by atoms with Crippen molar-refractivity contribution < 1.29 is 32.2 Å². The number of nitrogens with two attached hydrogens (primary N) is 1.